The number of hydrogen-bond acceptors (Lipinski definition) is 5. The van der Waals surface area contributed by atoms with E-state index in [-0.39, 0.29) is 5.91 Å². The number of pyridine rings is 1. The summed E-state index contributed by atoms with van der Waals surface area (Å²) in [6.07, 6.45) is 6.69. The number of methoxy groups -OCH3 is 1. The number of carbonyl (C=O) groups excluding carboxylic acids is 1. The molecule has 150 valence electrons. The molecular formula is C23H18ClN3O2S. The summed E-state index contributed by atoms with van der Waals surface area (Å²) in [6.45, 7) is 0.358. The number of carbonyl (C=O) groups is 1. The van der Waals surface area contributed by atoms with E-state index in [0.717, 1.165) is 27.1 Å². The monoisotopic (exact) mass is 435 g/mol. The number of fused-ring (bicyclic) bond motifs is 1. The third-order valence-corrected chi connectivity index (χ3v) is 5.84. The number of rotatable bonds is 6. The minimum absolute atomic E-state index is 0.190. The van der Waals surface area contributed by atoms with E-state index < -0.39 is 0 Å². The number of ether oxygens (including phenoxy) is 1. The van der Waals surface area contributed by atoms with E-state index in [4.69, 9.17) is 16.3 Å². The highest BCUT2D eigenvalue weighted by atomic mass is 35.5. The summed E-state index contributed by atoms with van der Waals surface area (Å²) in [7, 11) is 1.63. The highest BCUT2D eigenvalue weighted by Crippen LogP contribution is 2.32. The van der Waals surface area contributed by atoms with Crippen LogP contribution >= 0.6 is 22.9 Å². The Labute approximate surface area is 183 Å². The second kappa shape index (κ2) is 9.07. The van der Waals surface area contributed by atoms with Gasteiger partial charge in [-0.15, -0.1) is 0 Å². The summed E-state index contributed by atoms with van der Waals surface area (Å²) >= 11 is 7.65. The number of hydrogen-bond donors (Lipinski definition) is 0. The van der Waals surface area contributed by atoms with Gasteiger partial charge in [-0.1, -0.05) is 47.2 Å². The molecule has 5 nitrogen and oxygen atoms in total. The highest BCUT2D eigenvalue weighted by Gasteiger charge is 2.19. The molecule has 0 N–H and O–H groups in total. The van der Waals surface area contributed by atoms with Crippen molar-refractivity contribution in [3.63, 3.8) is 0 Å². The molecule has 0 saturated carbocycles. The molecule has 2 aromatic carbocycles. The fourth-order valence-corrected chi connectivity index (χ4v) is 4.11. The van der Waals surface area contributed by atoms with Crippen molar-refractivity contribution in [2.45, 2.75) is 6.54 Å². The van der Waals surface area contributed by atoms with Gasteiger partial charge in [-0.3, -0.25) is 14.7 Å². The molecule has 4 rings (SSSR count). The molecule has 7 heteroatoms. The molecule has 4 aromatic rings. The van der Waals surface area contributed by atoms with E-state index in [2.05, 4.69) is 9.97 Å². The Kier molecular flexibility index (Phi) is 6.07. The van der Waals surface area contributed by atoms with Crippen molar-refractivity contribution in [2.24, 2.45) is 0 Å². The Morgan fingerprint density at radius 1 is 1.20 bits per heavy atom. The van der Waals surface area contributed by atoms with Gasteiger partial charge in [0.2, 0.25) is 0 Å². The van der Waals surface area contributed by atoms with Gasteiger partial charge < -0.3 is 4.74 Å². The standard InChI is InChI=1S/C23H18ClN3O2S/c1-29-18-9-10-20-21(13-18)30-23(26-20)27(15-16-5-4-12-25-14-16)22(28)11-8-17-6-2-3-7-19(17)24/h2-14H,15H2,1H3/b11-8+. The summed E-state index contributed by atoms with van der Waals surface area (Å²) in [5, 5.41) is 1.20. The van der Waals surface area contributed by atoms with Crippen molar-refractivity contribution in [2.75, 3.05) is 12.0 Å². The predicted molar refractivity (Wildman–Crippen MR) is 122 cm³/mol. The second-order valence-corrected chi connectivity index (χ2v) is 7.89. The van der Waals surface area contributed by atoms with Crippen molar-refractivity contribution in [1.29, 1.82) is 0 Å². The summed E-state index contributed by atoms with van der Waals surface area (Å²) in [5.74, 6) is 0.561. The largest absolute Gasteiger partial charge is 0.497 e. The SMILES string of the molecule is COc1ccc2nc(N(Cc3cccnc3)C(=O)/C=C/c3ccccc3Cl)sc2c1. The summed E-state index contributed by atoms with van der Waals surface area (Å²) in [4.78, 5) is 23.6. The highest BCUT2D eigenvalue weighted by molar-refractivity contribution is 7.22. The lowest BCUT2D eigenvalue weighted by Gasteiger charge is -2.18. The third-order valence-electron chi connectivity index (χ3n) is 4.46. The Bertz CT molecular complexity index is 1210. The summed E-state index contributed by atoms with van der Waals surface area (Å²) in [6, 6.07) is 16.8. The molecule has 0 aliphatic rings. The maximum absolute atomic E-state index is 13.2. The molecule has 30 heavy (non-hydrogen) atoms. The molecule has 0 fully saturated rings. The molecule has 0 aliphatic heterocycles. The van der Waals surface area contributed by atoms with Gasteiger partial charge in [0.25, 0.3) is 5.91 Å². The maximum atomic E-state index is 13.2. The first-order chi connectivity index (χ1) is 14.6. The van der Waals surface area contributed by atoms with Crippen LogP contribution in [0, 0.1) is 0 Å². The van der Waals surface area contributed by atoms with Gasteiger partial charge in [0.1, 0.15) is 5.75 Å². The van der Waals surface area contributed by atoms with E-state index in [1.807, 2.05) is 48.5 Å². The Balaban J connectivity index is 1.69. The number of aromatic nitrogens is 2. The number of thiazole rings is 1. The molecule has 1 amide bonds. The Hall–Kier alpha value is -3.22. The van der Waals surface area contributed by atoms with Crippen LogP contribution in [0.3, 0.4) is 0 Å². The molecule has 0 spiro atoms. The lowest BCUT2D eigenvalue weighted by Crippen LogP contribution is -2.28. The van der Waals surface area contributed by atoms with Crippen molar-refractivity contribution < 1.29 is 9.53 Å². The van der Waals surface area contributed by atoms with Crippen LogP contribution in [0.2, 0.25) is 5.02 Å². The molecular weight excluding hydrogens is 418 g/mol. The van der Waals surface area contributed by atoms with Crippen molar-refractivity contribution in [1.82, 2.24) is 9.97 Å². The molecule has 0 radical (unpaired) electrons. The summed E-state index contributed by atoms with van der Waals surface area (Å²) < 4.78 is 6.25. The number of halogens is 1. The van der Waals surface area contributed by atoms with E-state index in [9.17, 15) is 4.79 Å². The zero-order valence-corrected chi connectivity index (χ0v) is 17.7. The van der Waals surface area contributed by atoms with Gasteiger partial charge in [-0.2, -0.15) is 0 Å². The lowest BCUT2D eigenvalue weighted by atomic mass is 10.2. The van der Waals surface area contributed by atoms with Crippen molar-refractivity contribution in [3.8, 4) is 5.75 Å². The van der Waals surface area contributed by atoms with E-state index >= 15 is 0 Å². The average molecular weight is 436 g/mol. The molecule has 2 heterocycles. The van der Waals surface area contributed by atoms with Gasteiger partial charge >= 0.3 is 0 Å². The molecule has 2 aromatic heterocycles. The minimum atomic E-state index is -0.190. The van der Waals surface area contributed by atoms with Crippen LogP contribution in [-0.2, 0) is 11.3 Å². The molecule has 0 saturated heterocycles. The fraction of sp³-hybridized carbons (Fsp3) is 0.0870. The van der Waals surface area contributed by atoms with Crippen LogP contribution < -0.4 is 9.64 Å². The van der Waals surface area contributed by atoms with Crippen LogP contribution in [0.5, 0.6) is 5.75 Å². The number of nitrogens with zero attached hydrogens (tertiary/aromatic N) is 3. The number of benzene rings is 2. The van der Waals surface area contributed by atoms with E-state index in [0.29, 0.717) is 16.7 Å². The second-order valence-electron chi connectivity index (χ2n) is 6.47. The van der Waals surface area contributed by atoms with Crippen LogP contribution in [0.25, 0.3) is 16.3 Å². The maximum Gasteiger partial charge on any atom is 0.253 e. The van der Waals surface area contributed by atoms with Gasteiger partial charge in [0, 0.05) is 23.5 Å². The van der Waals surface area contributed by atoms with Gasteiger partial charge in [0.15, 0.2) is 5.13 Å². The van der Waals surface area contributed by atoms with E-state index in [1.54, 1.807) is 36.5 Å². The van der Waals surface area contributed by atoms with Crippen molar-refractivity contribution >= 4 is 50.3 Å². The average Bonchev–Trinajstić information content (AvgIpc) is 3.20. The fourth-order valence-electron chi connectivity index (χ4n) is 2.91. The Morgan fingerprint density at radius 3 is 2.83 bits per heavy atom. The third kappa shape index (κ3) is 4.50. The first kappa shape index (κ1) is 20.1. The van der Waals surface area contributed by atoms with Gasteiger partial charge in [-0.05, 0) is 47.5 Å². The quantitative estimate of drug-likeness (QED) is 0.370. The summed E-state index contributed by atoms with van der Waals surface area (Å²) in [5.41, 5.74) is 2.51. The normalized spacial score (nSPS) is 11.1. The zero-order valence-electron chi connectivity index (χ0n) is 16.2. The minimum Gasteiger partial charge on any atom is -0.497 e. The van der Waals surface area contributed by atoms with E-state index in [1.165, 1.54) is 17.4 Å². The molecule has 0 aliphatic carbocycles. The topological polar surface area (TPSA) is 55.3 Å². The van der Waals surface area contributed by atoms with Crippen LogP contribution in [0.4, 0.5) is 5.13 Å². The smallest absolute Gasteiger partial charge is 0.253 e. The lowest BCUT2D eigenvalue weighted by molar-refractivity contribution is -0.114. The molecule has 0 bridgehead atoms. The zero-order chi connectivity index (χ0) is 20.9. The van der Waals surface area contributed by atoms with Crippen LogP contribution in [0.15, 0.2) is 73.1 Å². The first-order valence-corrected chi connectivity index (χ1v) is 10.4. The number of anilines is 1. The number of amides is 1. The predicted octanol–water partition coefficient (Wildman–Crippen LogP) is 5.60. The van der Waals surface area contributed by atoms with Gasteiger partial charge in [0.05, 0.1) is 23.9 Å². The van der Waals surface area contributed by atoms with Crippen molar-refractivity contribution in [3.05, 3.63) is 89.2 Å². The molecule has 0 unspecified atom stereocenters. The Morgan fingerprint density at radius 2 is 2.07 bits per heavy atom. The van der Waals surface area contributed by atoms with Crippen LogP contribution in [-0.4, -0.2) is 23.0 Å². The van der Waals surface area contributed by atoms with Gasteiger partial charge in [-0.25, -0.2) is 4.98 Å². The molecule has 0 atom stereocenters. The van der Waals surface area contributed by atoms with Crippen LogP contribution in [0.1, 0.15) is 11.1 Å². The first-order valence-electron chi connectivity index (χ1n) is 9.21.